The first-order chi connectivity index (χ1) is 26.4. The standard InChI is InChI=1S/C38H34N12O2S2/c1-23-24(2)45-30(44-23)22-54-38-48-34-32(40-14-16-42-34)36(52)50(38)18-12-26-9-6-10-27(19-26)28-20-43-29(46-28)21-53-37-47-33-31(39-13-15-41-33)35(51)49(37)17-11-25-7-4-3-5-8-25/h3-10,13-16,19-20H,11-12,17-18,21-22H2,1-2H3,(H,43,46)(H,44,45). The summed E-state index contributed by atoms with van der Waals surface area (Å²) >= 11 is 2.86. The molecule has 0 amide bonds. The summed E-state index contributed by atoms with van der Waals surface area (Å²) < 4.78 is 3.35. The number of fused-ring (bicyclic) bond motifs is 2. The van der Waals surface area contributed by atoms with Crippen LogP contribution in [0.1, 0.15) is 34.2 Å². The lowest BCUT2D eigenvalue weighted by Crippen LogP contribution is -2.25. The van der Waals surface area contributed by atoms with Crippen molar-refractivity contribution >= 4 is 45.9 Å². The number of benzene rings is 2. The number of nitrogens with one attached hydrogen (secondary N) is 2. The molecule has 0 radical (unpaired) electrons. The maximum Gasteiger partial charge on any atom is 0.282 e. The van der Waals surface area contributed by atoms with Crippen LogP contribution >= 0.6 is 23.5 Å². The van der Waals surface area contributed by atoms with Crippen LogP contribution in [0.2, 0.25) is 0 Å². The average Bonchev–Trinajstić information content (AvgIpc) is 3.81. The molecule has 6 aromatic heterocycles. The van der Waals surface area contributed by atoms with Crippen LogP contribution in [-0.4, -0.2) is 59.0 Å². The van der Waals surface area contributed by atoms with E-state index in [9.17, 15) is 9.59 Å². The van der Waals surface area contributed by atoms with Crippen LogP contribution in [-0.2, 0) is 37.4 Å². The van der Waals surface area contributed by atoms with Gasteiger partial charge in [-0.05, 0) is 49.4 Å². The maximum atomic E-state index is 13.6. The van der Waals surface area contributed by atoms with Crippen LogP contribution in [0.4, 0.5) is 0 Å². The van der Waals surface area contributed by atoms with Gasteiger partial charge in [0.25, 0.3) is 11.1 Å². The number of rotatable bonds is 13. The van der Waals surface area contributed by atoms with Gasteiger partial charge >= 0.3 is 0 Å². The second-order valence-corrected chi connectivity index (χ2v) is 14.4. The highest BCUT2D eigenvalue weighted by Crippen LogP contribution is 2.25. The average molecular weight is 755 g/mol. The highest BCUT2D eigenvalue weighted by atomic mass is 32.2. The van der Waals surface area contributed by atoms with E-state index in [1.54, 1.807) is 21.5 Å². The summed E-state index contributed by atoms with van der Waals surface area (Å²) in [6, 6.07) is 18.2. The molecule has 2 aromatic carbocycles. The molecule has 0 aliphatic rings. The smallest absolute Gasteiger partial charge is 0.282 e. The van der Waals surface area contributed by atoms with Gasteiger partial charge in [-0.15, -0.1) is 0 Å². The monoisotopic (exact) mass is 754 g/mol. The Morgan fingerprint density at radius 1 is 0.630 bits per heavy atom. The highest BCUT2D eigenvalue weighted by molar-refractivity contribution is 7.98. The van der Waals surface area contributed by atoms with Crippen molar-refractivity contribution in [1.29, 1.82) is 0 Å². The van der Waals surface area contributed by atoms with Crippen LogP contribution in [0.15, 0.2) is 105 Å². The van der Waals surface area contributed by atoms with Gasteiger partial charge in [-0.2, -0.15) is 0 Å². The fourth-order valence-electron chi connectivity index (χ4n) is 6.03. The molecule has 6 heterocycles. The number of hydrogen-bond acceptors (Lipinski definition) is 12. The molecule has 0 spiro atoms. The predicted octanol–water partition coefficient (Wildman–Crippen LogP) is 5.49. The molecule has 0 bridgehead atoms. The molecule has 8 aromatic rings. The zero-order chi connectivity index (χ0) is 37.0. The number of aromatic nitrogens is 12. The Morgan fingerprint density at radius 2 is 1.22 bits per heavy atom. The Labute approximate surface area is 317 Å². The number of H-pyrrole nitrogens is 2. The van der Waals surface area contributed by atoms with Gasteiger partial charge in [0, 0.05) is 43.6 Å². The molecule has 16 heteroatoms. The van der Waals surface area contributed by atoms with E-state index >= 15 is 0 Å². The van der Waals surface area contributed by atoms with Gasteiger partial charge in [-0.1, -0.05) is 72.1 Å². The van der Waals surface area contributed by atoms with Gasteiger partial charge in [0.05, 0.1) is 29.1 Å². The first-order valence-electron chi connectivity index (χ1n) is 17.3. The lowest BCUT2D eigenvalue weighted by molar-refractivity contribution is 0.592. The largest absolute Gasteiger partial charge is 0.345 e. The van der Waals surface area contributed by atoms with Gasteiger partial charge < -0.3 is 9.97 Å². The van der Waals surface area contributed by atoms with E-state index in [4.69, 9.17) is 9.97 Å². The summed E-state index contributed by atoms with van der Waals surface area (Å²) in [6.45, 7) is 4.81. The highest BCUT2D eigenvalue weighted by Gasteiger charge is 2.17. The first-order valence-corrected chi connectivity index (χ1v) is 19.2. The molecule has 0 aliphatic heterocycles. The third kappa shape index (κ3) is 7.56. The fourth-order valence-corrected chi connectivity index (χ4v) is 7.81. The van der Waals surface area contributed by atoms with Crippen LogP contribution in [0.3, 0.4) is 0 Å². The van der Waals surface area contributed by atoms with Crippen LogP contribution in [0, 0.1) is 13.8 Å². The van der Waals surface area contributed by atoms with Crippen molar-refractivity contribution < 1.29 is 0 Å². The Balaban J connectivity index is 0.986. The second-order valence-electron chi connectivity index (χ2n) is 12.6. The first kappa shape index (κ1) is 35.1. The minimum absolute atomic E-state index is 0.216. The van der Waals surface area contributed by atoms with Gasteiger partial charge in [0.15, 0.2) is 32.6 Å². The Hall–Kier alpha value is -6.00. The molecule has 14 nitrogen and oxygen atoms in total. The van der Waals surface area contributed by atoms with Crippen LogP contribution < -0.4 is 11.1 Å². The van der Waals surface area contributed by atoms with E-state index in [2.05, 4.69) is 45.9 Å². The minimum Gasteiger partial charge on any atom is -0.345 e. The van der Waals surface area contributed by atoms with E-state index in [0.717, 1.165) is 45.4 Å². The van der Waals surface area contributed by atoms with Crippen molar-refractivity contribution in [3.63, 3.8) is 0 Å². The fraction of sp³-hybridized carbons (Fsp3) is 0.211. The molecule has 0 unspecified atom stereocenters. The van der Waals surface area contributed by atoms with Gasteiger partial charge in [0.2, 0.25) is 0 Å². The normalized spacial score (nSPS) is 11.5. The lowest BCUT2D eigenvalue weighted by atomic mass is 10.1. The van der Waals surface area contributed by atoms with Gasteiger partial charge in [-0.3, -0.25) is 18.7 Å². The summed E-state index contributed by atoms with van der Waals surface area (Å²) in [5.41, 5.74) is 6.63. The van der Waals surface area contributed by atoms with Crippen LogP contribution in [0.5, 0.6) is 0 Å². The zero-order valence-corrected chi connectivity index (χ0v) is 31.1. The minimum atomic E-state index is -0.229. The number of imidazole rings is 2. The molecule has 0 atom stereocenters. The molecule has 0 saturated heterocycles. The molecule has 54 heavy (non-hydrogen) atoms. The molecular weight excluding hydrogens is 721 g/mol. The molecule has 0 fully saturated rings. The lowest BCUT2D eigenvalue weighted by Gasteiger charge is -2.12. The molecule has 2 N–H and O–H groups in total. The van der Waals surface area contributed by atoms with Gasteiger partial charge in [0.1, 0.15) is 11.6 Å². The molecule has 8 rings (SSSR count). The predicted molar refractivity (Wildman–Crippen MR) is 208 cm³/mol. The summed E-state index contributed by atoms with van der Waals surface area (Å²) in [7, 11) is 0. The summed E-state index contributed by atoms with van der Waals surface area (Å²) in [4.78, 5) is 69.7. The third-order valence-electron chi connectivity index (χ3n) is 8.93. The second kappa shape index (κ2) is 15.5. The molecular formula is C38H34N12O2S2. The maximum absolute atomic E-state index is 13.6. The quantitative estimate of drug-likeness (QED) is 0.112. The van der Waals surface area contributed by atoms with Crippen molar-refractivity contribution in [2.24, 2.45) is 0 Å². The number of thioether (sulfide) groups is 2. The number of nitrogens with zero attached hydrogens (tertiary/aromatic N) is 10. The van der Waals surface area contributed by atoms with Crippen molar-refractivity contribution in [2.75, 3.05) is 0 Å². The van der Waals surface area contributed by atoms with Crippen molar-refractivity contribution in [3.05, 3.63) is 140 Å². The molecule has 270 valence electrons. The zero-order valence-electron chi connectivity index (χ0n) is 29.4. The van der Waals surface area contributed by atoms with Gasteiger partial charge in [-0.25, -0.2) is 39.9 Å². The number of hydrogen-bond donors (Lipinski definition) is 2. The SMILES string of the molecule is Cc1nc(CSc2nc3nccnc3c(=O)n2CCc2cccc(-c3cnc(CSc4nc5nccnc5c(=O)n4CCc4ccccc4)[nH]3)c2)[nH]c1C. The van der Waals surface area contributed by atoms with E-state index in [1.165, 1.54) is 42.1 Å². The van der Waals surface area contributed by atoms with E-state index < -0.39 is 0 Å². The summed E-state index contributed by atoms with van der Waals surface area (Å²) in [5.74, 6) is 2.54. The van der Waals surface area contributed by atoms with Crippen molar-refractivity contribution in [3.8, 4) is 11.3 Å². The topological polar surface area (TPSA) is 179 Å². The Morgan fingerprint density at radius 3 is 1.85 bits per heavy atom. The van der Waals surface area contributed by atoms with E-state index in [1.807, 2.05) is 62.4 Å². The van der Waals surface area contributed by atoms with E-state index in [-0.39, 0.29) is 22.2 Å². The Kier molecular flexibility index (Phi) is 10.1. The van der Waals surface area contributed by atoms with Crippen molar-refractivity contribution in [2.45, 2.75) is 61.6 Å². The van der Waals surface area contributed by atoms with Crippen LogP contribution in [0.25, 0.3) is 33.6 Å². The summed E-state index contributed by atoms with van der Waals surface area (Å²) in [5, 5.41) is 1.12. The molecule has 0 aliphatic carbocycles. The third-order valence-corrected chi connectivity index (χ3v) is 10.9. The summed E-state index contributed by atoms with van der Waals surface area (Å²) in [6.07, 6.45) is 9.17. The van der Waals surface area contributed by atoms with E-state index in [0.29, 0.717) is 59.0 Å². The Bertz CT molecular complexity index is 2700. The number of aryl methyl sites for hydroxylation is 4. The molecule has 0 saturated carbocycles. The van der Waals surface area contributed by atoms with Crippen molar-refractivity contribution in [1.82, 2.24) is 59.0 Å². The number of aromatic amines is 2.